The Balaban J connectivity index is 2.04. The fourth-order valence-corrected chi connectivity index (χ4v) is 4.60. The van der Waals surface area contributed by atoms with Gasteiger partial charge in [-0.05, 0) is 38.2 Å². The summed E-state index contributed by atoms with van der Waals surface area (Å²) in [4.78, 5) is 27.5. The van der Waals surface area contributed by atoms with Gasteiger partial charge < -0.3 is 10.0 Å². The van der Waals surface area contributed by atoms with Crippen LogP contribution in [0.5, 0.6) is 0 Å². The number of amides is 1. The number of aliphatic hydroxyl groups excluding tert-OH is 1. The lowest BCUT2D eigenvalue weighted by atomic mass is 9.90. The molecule has 1 aromatic carbocycles. The molecule has 1 atom stereocenters. The third-order valence-corrected chi connectivity index (χ3v) is 6.92. The Morgan fingerprint density at radius 2 is 1.91 bits per heavy atom. The third kappa shape index (κ3) is 7.64. The maximum atomic E-state index is 12.1. The number of piperidine rings is 1. The fraction of sp³-hybridized carbons (Fsp3) is 0.481. The van der Waals surface area contributed by atoms with Gasteiger partial charge in [0.2, 0.25) is 11.1 Å². The summed E-state index contributed by atoms with van der Waals surface area (Å²) in [5, 5.41) is 9.50. The van der Waals surface area contributed by atoms with Crippen molar-refractivity contribution in [3.63, 3.8) is 0 Å². The first kappa shape index (κ1) is 26.9. The Kier molecular flexibility index (Phi) is 10.3. The smallest absolute Gasteiger partial charge is 0.248 e. The summed E-state index contributed by atoms with van der Waals surface area (Å²) in [6.45, 7) is 5.72. The monoisotopic (exact) mass is 496 g/mol. The zero-order valence-electron chi connectivity index (χ0n) is 20.9. The Hall–Kier alpha value is -2.71. The minimum absolute atomic E-state index is 0.226. The van der Waals surface area contributed by atoms with Crippen LogP contribution in [0.25, 0.3) is 5.57 Å². The summed E-state index contributed by atoms with van der Waals surface area (Å²) >= 11 is 0. The molecule has 188 valence electrons. The van der Waals surface area contributed by atoms with E-state index in [1.54, 1.807) is 17.4 Å². The molecule has 2 aromatic rings. The van der Waals surface area contributed by atoms with Crippen LogP contribution in [0.15, 0.2) is 52.8 Å². The SMILES string of the molecule is CCCCCN=C(/C(=C/C1CCN(C(=O)CO)CC1)c1ccnc(S(C)=O)n1)c1ccc(C)cc1. The molecule has 0 bridgehead atoms. The number of allylic oxidation sites excluding steroid dienone is 2. The molecule has 1 saturated heterocycles. The second-order valence-corrected chi connectivity index (χ2v) is 10.2. The summed E-state index contributed by atoms with van der Waals surface area (Å²) in [7, 11) is -1.30. The minimum atomic E-state index is -1.30. The van der Waals surface area contributed by atoms with Crippen LogP contribution >= 0.6 is 0 Å². The molecule has 1 N–H and O–H groups in total. The maximum Gasteiger partial charge on any atom is 0.248 e. The molecule has 1 aromatic heterocycles. The summed E-state index contributed by atoms with van der Waals surface area (Å²) in [6.07, 6.45) is 10.3. The molecule has 0 spiro atoms. The van der Waals surface area contributed by atoms with Crippen LogP contribution in [0.4, 0.5) is 0 Å². The molecule has 1 aliphatic rings. The number of carbonyl (C=O) groups is 1. The molecule has 0 radical (unpaired) electrons. The zero-order chi connectivity index (χ0) is 25.2. The molecule has 35 heavy (non-hydrogen) atoms. The van der Waals surface area contributed by atoms with E-state index in [0.29, 0.717) is 23.9 Å². The van der Waals surface area contributed by atoms with E-state index < -0.39 is 17.4 Å². The number of likely N-dealkylation sites (tertiary alicyclic amines) is 1. The summed E-state index contributed by atoms with van der Waals surface area (Å²) < 4.78 is 12.1. The van der Waals surface area contributed by atoms with Gasteiger partial charge in [0.05, 0.1) is 22.2 Å². The van der Waals surface area contributed by atoms with Gasteiger partial charge in [-0.1, -0.05) is 55.7 Å². The highest BCUT2D eigenvalue weighted by Crippen LogP contribution is 2.27. The summed E-state index contributed by atoms with van der Waals surface area (Å²) in [5.41, 5.74) is 4.68. The molecule has 0 saturated carbocycles. The first-order valence-corrected chi connectivity index (χ1v) is 13.9. The molecule has 1 unspecified atom stereocenters. The molecule has 2 heterocycles. The number of carbonyl (C=O) groups excluding carboxylic acids is 1. The Bertz CT molecular complexity index is 1070. The Labute approximate surface area is 210 Å². The molecule has 0 aliphatic carbocycles. The van der Waals surface area contributed by atoms with E-state index in [0.717, 1.165) is 55.5 Å². The highest BCUT2D eigenvalue weighted by Gasteiger charge is 2.23. The van der Waals surface area contributed by atoms with Crippen molar-refractivity contribution in [1.29, 1.82) is 0 Å². The van der Waals surface area contributed by atoms with Gasteiger partial charge >= 0.3 is 0 Å². The van der Waals surface area contributed by atoms with E-state index in [2.05, 4.69) is 54.2 Å². The van der Waals surface area contributed by atoms with Crippen LogP contribution in [0.2, 0.25) is 0 Å². The summed E-state index contributed by atoms with van der Waals surface area (Å²) in [5.74, 6) is 0.000855. The predicted molar refractivity (Wildman–Crippen MR) is 141 cm³/mol. The number of aryl methyl sites for hydroxylation is 1. The van der Waals surface area contributed by atoms with E-state index in [-0.39, 0.29) is 11.8 Å². The van der Waals surface area contributed by atoms with Gasteiger partial charge in [0.15, 0.2) is 0 Å². The maximum absolute atomic E-state index is 12.1. The number of aliphatic imine (C=N–C) groups is 1. The molecule has 7 nitrogen and oxygen atoms in total. The van der Waals surface area contributed by atoms with Crippen LogP contribution in [0.3, 0.4) is 0 Å². The van der Waals surface area contributed by atoms with Crippen LogP contribution in [-0.4, -0.2) is 68.3 Å². The van der Waals surface area contributed by atoms with Crippen molar-refractivity contribution in [2.75, 3.05) is 32.5 Å². The van der Waals surface area contributed by atoms with E-state index in [1.165, 1.54) is 5.56 Å². The lowest BCUT2D eigenvalue weighted by molar-refractivity contribution is -0.135. The number of nitrogens with zero attached hydrogens (tertiary/aromatic N) is 4. The number of unbranched alkanes of at least 4 members (excludes halogenated alkanes) is 2. The number of benzene rings is 1. The van der Waals surface area contributed by atoms with Crippen molar-refractivity contribution in [2.45, 2.75) is 51.1 Å². The molecular weight excluding hydrogens is 460 g/mol. The average molecular weight is 497 g/mol. The van der Waals surface area contributed by atoms with Crippen LogP contribution < -0.4 is 0 Å². The van der Waals surface area contributed by atoms with E-state index in [4.69, 9.17) is 4.99 Å². The fourth-order valence-electron chi connectivity index (χ4n) is 4.16. The van der Waals surface area contributed by atoms with E-state index >= 15 is 0 Å². The quantitative estimate of drug-likeness (QED) is 0.307. The average Bonchev–Trinajstić information content (AvgIpc) is 2.88. The van der Waals surface area contributed by atoms with Crippen LogP contribution in [-0.2, 0) is 15.6 Å². The normalized spacial score (nSPS) is 16.4. The van der Waals surface area contributed by atoms with Gasteiger partial charge in [-0.25, -0.2) is 9.97 Å². The largest absolute Gasteiger partial charge is 0.387 e. The lowest BCUT2D eigenvalue weighted by Gasteiger charge is -2.30. The molecule has 1 amide bonds. The second kappa shape index (κ2) is 13.4. The van der Waals surface area contributed by atoms with Crippen molar-refractivity contribution < 1.29 is 14.1 Å². The van der Waals surface area contributed by atoms with Crippen molar-refractivity contribution in [1.82, 2.24) is 14.9 Å². The molecular formula is C27H36N4O3S. The summed E-state index contributed by atoms with van der Waals surface area (Å²) in [6, 6.07) is 10.2. The predicted octanol–water partition coefficient (Wildman–Crippen LogP) is 3.82. The second-order valence-electron chi connectivity index (χ2n) is 8.94. The number of rotatable bonds is 10. The van der Waals surface area contributed by atoms with Crippen molar-refractivity contribution in [3.05, 3.63) is 59.4 Å². The van der Waals surface area contributed by atoms with Crippen molar-refractivity contribution >= 4 is 28.0 Å². The molecule has 8 heteroatoms. The first-order chi connectivity index (χ1) is 16.9. The van der Waals surface area contributed by atoms with E-state index in [1.807, 2.05) is 6.07 Å². The number of aromatic nitrogens is 2. The van der Waals surface area contributed by atoms with Gasteiger partial charge in [0, 0.05) is 43.2 Å². The third-order valence-electron chi connectivity index (χ3n) is 6.21. The molecule has 3 rings (SSSR count). The van der Waals surface area contributed by atoms with Crippen LogP contribution in [0, 0.1) is 12.8 Å². The standard InChI is InChI=1S/C27H36N4O3S/c1-4-5-6-14-28-26(22-9-7-20(2)8-10-22)23(24-11-15-29-27(30-24)35(3)34)18-21-12-16-31(17-13-21)25(33)19-32/h7-11,15,18,21,32H,4-6,12-14,16-17,19H2,1-3H3/b23-18+,28-26?. The van der Waals surface area contributed by atoms with Gasteiger partial charge in [-0.2, -0.15) is 0 Å². The highest BCUT2D eigenvalue weighted by atomic mass is 32.2. The minimum Gasteiger partial charge on any atom is -0.387 e. The van der Waals surface area contributed by atoms with Crippen molar-refractivity contribution in [2.24, 2.45) is 10.9 Å². The number of hydrogen-bond donors (Lipinski definition) is 1. The lowest BCUT2D eigenvalue weighted by Crippen LogP contribution is -2.39. The van der Waals surface area contributed by atoms with Gasteiger partial charge in [-0.15, -0.1) is 0 Å². The van der Waals surface area contributed by atoms with Gasteiger partial charge in [-0.3, -0.25) is 14.0 Å². The molecule has 1 fully saturated rings. The highest BCUT2D eigenvalue weighted by molar-refractivity contribution is 7.84. The first-order valence-electron chi connectivity index (χ1n) is 12.3. The zero-order valence-corrected chi connectivity index (χ0v) is 21.8. The van der Waals surface area contributed by atoms with Crippen LogP contribution in [0.1, 0.15) is 55.8 Å². The topological polar surface area (TPSA) is 95.8 Å². The molecule has 1 aliphatic heterocycles. The number of aliphatic hydroxyl groups is 1. The van der Waals surface area contributed by atoms with Gasteiger partial charge in [0.1, 0.15) is 6.61 Å². The van der Waals surface area contributed by atoms with E-state index in [9.17, 15) is 14.1 Å². The van der Waals surface area contributed by atoms with Crippen molar-refractivity contribution in [3.8, 4) is 0 Å². The van der Waals surface area contributed by atoms with Gasteiger partial charge in [0.25, 0.3) is 0 Å². The Morgan fingerprint density at radius 1 is 1.20 bits per heavy atom. The Morgan fingerprint density at radius 3 is 2.54 bits per heavy atom. The number of hydrogen-bond acceptors (Lipinski definition) is 6.